The van der Waals surface area contributed by atoms with Crippen LogP contribution in [-0.4, -0.2) is 23.1 Å². The highest BCUT2D eigenvalue weighted by Gasteiger charge is 2.15. The zero-order valence-corrected chi connectivity index (χ0v) is 27.8. The van der Waals surface area contributed by atoms with Crippen molar-refractivity contribution in [2.75, 3.05) is 0 Å². The van der Waals surface area contributed by atoms with Crippen molar-refractivity contribution in [3.63, 3.8) is 0 Å². The summed E-state index contributed by atoms with van der Waals surface area (Å²) in [7, 11) is 0. The molecule has 0 aliphatic carbocycles. The van der Waals surface area contributed by atoms with Crippen molar-refractivity contribution in [2.24, 2.45) is 0 Å². The predicted octanol–water partition coefficient (Wildman–Crippen LogP) is 12.2. The van der Waals surface area contributed by atoms with E-state index in [0.29, 0.717) is 19.3 Å². The topological polar surface area (TPSA) is 63.6 Å². The van der Waals surface area contributed by atoms with Crippen LogP contribution in [0.3, 0.4) is 0 Å². The Labute approximate surface area is 260 Å². The number of rotatable bonds is 32. The van der Waals surface area contributed by atoms with Crippen LogP contribution in [0.4, 0.5) is 0 Å². The van der Waals surface area contributed by atoms with Gasteiger partial charge >= 0.3 is 11.9 Å². The zero-order valence-electron chi connectivity index (χ0n) is 27.8. The summed E-state index contributed by atoms with van der Waals surface area (Å²) >= 11 is 0. The van der Waals surface area contributed by atoms with Gasteiger partial charge < -0.3 is 9.84 Å². The number of allylic oxidation sites excluding steroid dienone is 6. The van der Waals surface area contributed by atoms with Crippen LogP contribution in [0.1, 0.15) is 187 Å². The van der Waals surface area contributed by atoms with Crippen LogP contribution in [0.25, 0.3) is 0 Å². The van der Waals surface area contributed by atoms with E-state index in [9.17, 15) is 9.59 Å². The lowest BCUT2D eigenvalue weighted by atomic mass is 10.0. The van der Waals surface area contributed by atoms with Crippen molar-refractivity contribution in [1.29, 1.82) is 0 Å². The van der Waals surface area contributed by atoms with Crippen molar-refractivity contribution in [3.8, 4) is 0 Å². The largest absolute Gasteiger partial charge is 0.481 e. The van der Waals surface area contributed by atoms with Crippen molar-refractivity contribution >= 4 is 11.9 Å². The highest BCUT2D eigenvalue weighted by Crippen LogP contribution is 2.18. The van der Waals surface area contributed by atoms with Gasteiger partial charge in [0.25, 0.3) is 0 Å². The molecule has 244 valence electrons. The second-order valence-corrected chi connectivity index (χ2v) is 12.0. The van der Waals surface area contributed by atoms with E-state index >= 15 is 0 Å². The van der Waals surface area contributed by atoms with Crippen LogP contribution in [0, 0.1) is 0 Å². The summed E-state index contributed by atoms with van der Waals surface area (Å²) in [6.07, 6.45) is 43.0. The highest BCUT2D eigenvalue weighted by molar-refractivity contribution is 5.69. The third-order valence-electron chi connectivity index (χ3n) is 7.88. The van der Waals surface area contributed by atoms with E-state index in [1.54, 1.807) is 0 Å². The standard InChI is InChI=1S/C38H68O4/c1-3-5-7-9-11-13-14-15-16-17-18-19-20-21-22-24-26-28-30-35-38(41)42-36(33-31-34-37(39)40)32-29-27-25-23-12-10-8-6-4-2/h5,7,11,13,15-16,36H,3-4,6,8-10,12,14,17-35H2,1-2H3,(H,39,40)/b7-5-,13-11-,16-15-. The highest BCUT2D eigenvalue weighted by atomic mass is 16.5. The molecule has 0 aromatic heterocycles. The Balaban J connectivity index is 3.77. The molecule has 4 nitrogen and oxygen atoms in total. The van der Waals surface area contributed by atoms with Crippen molar-refractivity contribution in [1.82, 2.24) is 0 Å². The lowest BCUT2D eigenvalue weighted by Gasteiger charge is -2.18. The first-order chi connectivity index (χ1) is 20.6. The molecule has 0 heterocycles. The number of ether oxygens (including phenoxy) is 1. The zero-order chi connectivity index (χ0) is 30.8. The Bertz CT molecular complexity index is 679. The fourth-order valence-electron chi connectivity index (χ4n) is 5.27. The van der Waals surface area contributed by atoms with Gasteiger partial charge in [0.1, 0.15) is 6.10 Å². The maximum atomic E-state index is 12.4. The SMILES string of the molecule is CC/C=C\C/C=C\C/C=C\CCCCCCCCCCCC(=O)OC(CCCCCCCCCCC)CCCC(=O)O. The van der Waals surface area contributed by atoms with Crippen molar-refractivity contribution in [2.45, 2.75) is 193 Å². The first kappa shape index (κ1) is 40.2. The minimum absolute atomic E-state index is 0.0968. The molecule has 0 amide bonds. The summed E-state index contributed by atoms with van der Waals surface area (Å²) < 4.78 is 5.80. The van der Waals surface area contributed by atoms with Gasteiger partial charge in [-0.2, -0.15) is 0 Å². The van der Waals surface area contributed by atoms with Gasteiger partial charge in [0.15, 0.2) is 0 Å². The number of carbonyl (C=O) groups excluding carboxylic acids is 1. The summed E-state index contributed by atoms with van der Waals surface area (Å²) in [5.74, 6) is -0.869. The summed E-state index contributed by atoms with van der Waals surface area (Å²) in [6.45, 7) is 4.41. The number of hydrogen-bond donors (Lipinski definition) is 1. The van der Waals surface area contributed by atoms with Gasteiger partial charge in [-0.3, -0.25) is 9.59 Å². The molecule has 1 unspecified atom stereocenters. The molecule has 1 atom stereocenters. The Morgan fingerprint density at radius 3 is 1.60 bits per heavy atom. The van der Waals surface area contributed by atoms with Crippen LogP contribution >= 0.6 is 0 Å². The average molecular weight is 589 g/mol. The van der Waals surface area contributed by atoms with Crippen molar-refractivity contribution < 1.29 is 19.4 Å². The average Bonchev–Trinajstić information content (AvgIpc) is 2.97. The molecule has 1 N–H and O–H groups in total. The van der Waals surface area contributed by atoms with E-state index < -0.39 is 5.97 Å². The lowest BCUT2D eigenvalue weighted by molar-refractivity contribution is -0.150. The quantitative estimate of drug-likeness (QED) is 0.0482. The normalized spacial score (nSPS) is 12.6. The molecule has 0 radical (unpaired) electrons. The van der Waals surface area contributed by atoms with Gasteiger partial charge in [0.05, 0.1) is 0 Å². The third kappa shape index (κ3) is 32.7. The smallest absolute Gasteiger partial charge is 0.306 e. The first-order valence-electron chi connectivity index (χ1n) is 18.0. The van der Waals surface area contributed by atoms with Gasteiger partial charge in [0.2, 0.25) is 0 Å². The molecule has 0 spiro atoms. The molecule has 42 heavy (non-hydrogen) atoms. The van der Waals surface area contributed by atoms with E-state index in [2.05, 4.69) is 50.3 Å². The number of carboxylic acid groups (broad SMARTS) is 1. The van der Waals surface area contributed by atoms with E-state index in [0.717, 1.165) is 44.9 Å². The summed E-state index contributed by atoms with van der Waals surface area (Å²) in [5.41, 5.74) is 0. The molecular formula is C38H68O4. The summed E-state index contributed by atoms with van der Waals surface area (Å²) in [5, 5.41) is 8.97. The Morgan fingerprint density at radius 1 is 0.548 bits per heavy atom. The minimum atomic E-state index is -0.773. The molecule has 0 aromatic carbocycles. The van der Waals surface area contributed by atoms with Gasteiger partial charge in [-0.15, -0.1) is 0 Å². The van der Waals surface area contributed by atoms with E-state index in [1.807, 2.05) is 0 Å². The van der Waals surface area contributed by atoms with E-state index in [-0.39, 0.29) is 18.5 Å². The fraction of sp³-hybridized carbons (Fsp3) is 0.789. The molecule has 0 fully saturated rings. The summed E-state index contributed by atoms with van der Waals surface area (Å²) in [6, 6.07) is 0. The van der Waals surface area contributed by atoms with Crippen LogP contribution in [-0.2, 0) is 14.3 Å². The van der Waals surface area contributed by atoms with Gasteiger partial charge in [-0.1, -0.05) is 147 Å². The van der Waals surface area contributed by atoms with Gasteiger partial charge in [-0.25, -0.2) is 0 Å². The Morgan fingerprint density at radius 2 is 1.02 bits per heavy atom. The van der Waals surface area contributed by atoms with Crippen LogP contribution in [0.15, 0.2) is 36.5 Å². The fourth-order valence-corrected chi connectivity index (χ4v) is 5.27. The molecule has 0 aliphatic heterocycles. The molecule has 0 aromatic rings. The van der Waals surface area contributed by atoms with Crippen LogP contribution in [0.2, 0.25) is 0 Å². The second kappa shape index (κ2) is 33.7. The number of carbonyl (C=O) groups is 2. The molecule has 4 heteroatoms. The van der Waals surface area contributed by atoms with E-state index in [1.165, 1.54) is 103 Å². The molecular weight excluding hydrogens is 520 g/mol. The number of unbranched alkanes of at least 4 members (excludes halogenated alkanes) is 17. The van der Waals surface area contributed by atoms with E-state index in [4.69, 9.17) is 9.84 Å². The maximum Gasteiger partial charge on any atom is 0.306 e. The third-order valence-corrected chi connectivity index (χ3v) is 7.88. The summed E-state index contributed by atoms with van der Waals surface area (Å²) in [4.78, 5) is 23.4. The Kier molecular flexibility index (Phi) is 32.2. The van der Waals surface area contributed by atoms with Crippen LogP contribution in [0.5, 0.6) is 0 Å². The molecule has 0 aliphatic rings. The number of esters is 1. The van der Waals surface area contributed by atoms with Gasteiger partial charge in [-0.05, 0) is 64.2 Å². The number of aliphatic carboxylic acids is 1. The molecule has 0 saturated carbocycles. The van der Waals surface area contributed by atoms with Crippen LogP contribution < -0.4 is 0 Å². The Hall–Kier alpha value is -1.84. The minimum Gasteiger partial charge on any atom is -0.481 e. The maximum absolute atomic E-state index is 12.4. The van der Waals surface area contributed by atoms with Gasteiger partial charge in [0, 0.05) is 12.8 Å². The number of hydrogen-bond acceptors (Lipinski definition) is 3. The molecule has 0 saturated heterocycles. The second-order valence-electron chi connectivity index (χ2n) is 12.0. The first-order valence-corrected chi connectivity index (χ1v) is 18.0. The predicted molar refractivity (Wildman–Crippen MR) is 181 cm³/mol. The van der Waals surface area contributed by atoms with Crippen molar-refractivity contribution in [3.05, 3.63) is 36.5 Å². The number of carboxylic acids is 1. The lowest BCUT2D eigenvalue weighted by Crippen LogP contribution is -2.18. The molecule has 0 rings (SSSR count). The molecule has 0 bridgehead atoms. The monoisotopic (exact) mass is 589 g/mol.